The minimum Gasteiger partial charge on any atom is -0.367 e. The van der Waals surface area contributed by atoms with Gasteiger partial charge in [0, 0.05) is 39.4 Å². The third-order valence-corrected chi connectivity index (χ3v) is 4.54. The summed E-state index contributed by atoms with van der Waals surface area (Å²) in [5.74, 6) is -0.408. The molecule has 0 radical (unpaired) electrons. The number of anilines is 1. The number of fused-ring (bicyclic) bond motifs is 1. The van der Waals surface area contributed by atoms with Crippen LogP contribution in [0.15, 0.2) is 23.1 Å². The third kappa shape index (κ3) is 2.68. The second-order valence-electron chi connectivity index (χ2n) is 5.84. The molecule has 0 saturated carbocycles. The molecule has 0 bridgehead atoms. The van der Waals surface area contributed by atoms with Crippen molar-refractivity contribution in [3.8, 4) is 6.07 Å². The lowest BCUT2D eigenvalue weighted by Gasteiger charge is -2.35. The van der Waals surface area contributed by atoms with E-state index in [2.05, 4.69) is 11.8 Å². The maximum atomic E-state index is 14.5. The zero-order chi connectivity index (χ0) is 16.6. The van der Waals surface area contributed by atoms with Gasteiger partial charge in [-0.05, 0) is 18.7 Å². The van der Waals surface area contributed by atoms with Crippen LogP contribution >= 0.6 is 0 Å². The lowest BCUT2D eigenvalue weighted by Crippen LogP contribution is -2.46. The Morgan fingerprint density at radius 2 is 1.96 bits per heavy atom. The Kier molecular flexibility index (Phi) is 4.05. The number of rotatable bonds is 2. The minimum absolute atomic E-state index is 0.0312. The number of piperazine rings is 1. The number of hydrogen-bond acceptors (Lipinski definition) is 4. The first-order valence-corrected chi connectivity index (χ1v) is 7.75. The van der Waals surface area contributed by atoms with Gasteiger partial charge in [-0.15, -0.1) is 0 Å². The highest BCUT2D eigenvalue weighted by Crippen LogP contribution is 2.25. The van der Waals surface area contributed by atoms with Crippen LogP contribution in [0.2, 0.25) is 0 Å². The van der Waals surface area contributed by atoms with Crippen LogP contribution in [0.5, 0.6) is 0 Å². The molecule has 0 N–H and O–H groups in total. The third-order valence-electron chi connectivity index (χ3n) is 4.54. The van der Waals surface area contributed by atoms with Crippen LogP contribution in [-0.2, 0) is 7.05 Å². The molecular formula is C17H19FN4O. The van der Waals surface area contributed by atoms with Gasteiger partial charge < -0.3 is 14.4 Å². The standard InChI is InChI=1S/C17H19FN4O/c1-3-21-4-6-22(7-5-21)16-9-15-13(8-14(16)18)17(23)12(10-19)11-20(15)2/h8-9,11H,3-7H2,1-2H3. The normalized spacial score (nSPS) is 15.8. The molecule has 1 aromatic carbocycles. The molecule has 1 aliphatic heterocycles. The van der Waals surface area contributed by atoms with Gasteiger partial charge >= 0.3 is 0 Å². The van der Waals surface area contributed by atoms with E-state index in [1.807, 2.05) is 11.0 Å². The molecule has 1 fully saturated rings. The van der Waals surface area contributed by atoms with Gasteiger partial charge in [-0.2, -0.15) is 5.26 Å². The maximum absolute atomic E-state index is 14.5. The van der Waals surface area contributed by atoms with Gasteiger partial charge in [0.25, 0.3) is 0 Å². The van der Waals surface area contributed by atoms with Gasteiger partial charge in [0.05, 0.1) is 16.6 Å². The first kappa shape index (κ1) is 15.5. The molecule has 1 saturated heterocycles. The van der Waals surface area contributed by atoms with E-state index in [-0.39, 0.29) is 10.9 Å². The van der Waals surface area contributed by atoms with E-state index in [1.165, 1.54) is 12.3 Å². The highest BCUT2D eigenvalue weighted by Gasteiger charge is 2.20. The number of likely N-dealkylation sites (N-methyl/N-ethyl adjacent to an activating group) is 1. The Hall–Kier alpha value is -2.39. The summed E-state index contributed by atoms with van der Waals surface area (Å²) in [5.41, 5.74) is 0.779. The van der Waals surface area contributed by atoms with Crippen molar-refractivity contribution in [3.63, 3.8) is 0 Å². The van der Waals surface area contributed by atoms with E-state index in [0.29, 0.717) is 11.2 Å². The Labute approximate surface area is 134 Å². The quantitative estimate of drug-likeness (QED) is 0.846. The molecule has 5 nitrogen and oxygen atoms in total. The average Bonchev–Trinajstić information content (AvgIpc) is 2.58. The van der Waals surface area contributed by atoms with Crippen molar-refractivity contribution in [2.24, 2.45) is 7.05 Å². The van der Waals surface area contributed by atoms with Crippen LogP contribution < -0.4 is 10.3 Å². The summed E-state index contributed by atoms with van der Waals surface area (Å²) in [6, 6.07) is 4.85. The zero-order valence-electron chi connectivity index (χ0n) is 13.3. The molecule has 120 valence electrons. The second-order valence-corrected chi connectivity index (χ2v) is 5.84. The van der Waals surface area contributed by atoms with Crippen molar-refractivity contribution in [1.82, 2.24) is 9.47 Å². The summed E-state index contributed by atoms with van der Waals surface area (Å²) < 4.78 is 16.3. The van der Waals surface area contributed by atoms with Gasteiger partial charge in [-0.25, -0.2) is 4.39 Å². The summed E-state index contributed by atoms with van der Waals surface area (Å²) in [6.45, 7) is 6.45. The molecule has 2 aromatic rings. The summed E-state index contributed by atoms with van der Waals surface area (Å²) >= 11 is 0. The predicted octanol–water partition coefficient (Wildman–Crippen LogP) is 1.69. The van der Waals surface area contributed by atoms with E-state index >= 15 is 0 Å². The number of aromatic nitrogens is 1. The molecule has 0 atom stereocenters. The van der Waals surface area contributed by atoms with Gasteiger partial charge in [0.1, 0.15) is 17.4 Å². The van der Waals surface area contributed by atoms with Crippen molar-refractivity contribution >= 4 is 16.6 Å². The lowest BCUT2D eigenvalue weighted by atomic mass is 10.1. The summed E-state index contributed by atoms with van der Waals surface area (Å²) in [5, 5.41) is 9.26. The number of nitriles is 1. The molecule has 2 heterocycles. The van der Waals surface area contributed by atoms with Crippen LogP contribution in [0.3, 0.4) is 0 Å². The van der Waals surface area contributed by atoms with E-state index in [0.717, 1.165) is 32.7 Å². The van der Waals surface area contributed by atoms with Crippen molar-refractivity contribution in [2.45, 2.75) is 6.92 Å². The number of hydrogen-bond donors (Lipinski definition) is 0. The second kappa shape index (κ2) is 6.01. The van der Waals surface area contributed by atoms with E-state index in [1.54, 1.807) is 17.7 Å². The monoisotopic (exact) mass is 314 g/mol. The average molecular weight is 314 g/mol. The van der Waals surface area contributed by atoms with Gasteiger partial charge in [0.2, 0.25) is 5.43 Å². The number of halogens is 1. The number of nitrogens with zero attached hydrogens (tertiary/aromatic N) is 4. The molecule has 0 aliphatic carbocycles. The number of aryl methyl sites for hydroxylation is 1. The van der Waals surface area contributed by atoms with E-state index < -0.39 is 11.2 Å². The maximum Gasteiger partial charge on any atom is 0.207 e. The first-order valence-electron chi connectivity index (χ1n) is 7.75. The first-order chi connectivity index (χ1) is 11.0. The number of pyridine rings is 1. The van der Waals surface area contributed by atoms with Crippen molar-refractivity contribution in [2.75, 3.05) is 37.6 Å². The minimum atomic E-state index is -0.415. The van der Waals surface area contributed by atoms with Gasteiger partial charge in [0.15, 0.2) is 0 Å². The molecule has 1 aromatic heterocycles. The van der Waals surface area contributed by atoms with Crippen molar-refractivity contribution in [1.29, 1.82) is 5.26 Å². The fourth-order valence-corrected chi connectivity index (χ4v) is 3.12. The SMILES string of the molecule is CCN1CCN(c2cc3c(cc2F)c(=O)c(C#N)cn3C)CC1. The van der Waals surface area contributed by atoms with Crippen LogP contribution in [0.25, 0.3) is 10.9 Å². The largest absolute Gasteiger partial charge is 0.367 e. The van der Waals surface area contributed by atoms with Crippen LogP contribution in [0.1, 0.15) is 12.5 Å². The van der Waals surface area contributed by atoms with Gasteiger partial charge in [-0.1, -0.05) is 6.92 Å². The highest BCUT2D eigenvalue weighted by molar-refractivity contribution is 5.84. The summed E-state index contributed by atoms with van der Waals surface area (Å²) in [7, 11) is 1.76. The lowest BCUT2D eigenvalue weighted by molar-refractivity contribution is 0.270. The van der Waals surface area contributed by atoms with E-state index in [4.69, 9.17) is 5.26 Å². The molecule has 0 unspecified atom stereocenters. The molecule has 23 heavy (non-hydrogen) atoms. The summed E-state index contributed by atoms with van der Waals surface area (Å²) in [4.78, 5) is 16.6. The molecule has 3 rings (SSSR count). The summed E-state index contributed by atoms with van der Waals surface area (Å²) in [6.07, 6.45) is 1.50. The predicted molar refractivity (Wildman–Crippen MR) is 88.2 cm³/mol. The molecule has 6 heteroatoms. The Balaban J connectivity index is 2.07. The molecule has 0 spiro atoms. The highest BCUT2D eigenvalue weighted by atomic mass is 19.1. The Morgan fingerprint density at radius 3 is 2.57 bits per heavy atom. The molecule has 1 aliphatic rings. The van der Waals surface area contributed by atoms with Crippen LogP contribution in [-0.4, -0.2) is 42.2 Å². The van der Waals surface area contributed by atoms with Crippen LogP contribution in [0.4, 0.5) is 10.1 Å². The fraction of sp³-hybridized carbons (Fsp3) is 0.412. The molecular weight excluding hydrogens is 295 g/mol. The fourth-order valence-electron chi connectivity index (χ4n) is 3.12. The van der Waals surface area contributed by atoms with Crippen molar-refractivity contribution < 1.29 is 4.39 Å². The zero-order valence-corrected chi connectivity index (χ0v) is 13.3. The Bertz CT molecular complexity index is 844. The Morgan fingerprint density at radius 1 is 1.26 bits per heavy atom. The van der Waals surface area contributed by atoms with Crippen molar-refractivity contribution in [3.05, 3.63) is 39.9 Å². The topological polar surface area (TPSA) is 52.3 Å². The van der Waals surface area contributed by atoms with Gasteiger partial charge in [-0.3, -0.25) is 4.79 Å². The molecule has 0 amide bonds. The van der Waals surface area contributed by atoms with Crippen LogP contribution in [0, 0.1) is 17.1 Å². The number of benzene rings is 1. The van der Waals surface area contributed by atoms with E-state index in [9.17, 15) is 9.18 Å². The smallest absolute Gasteiger partial charge is 0.207 e.